The Hall–Kier alpha value is -3.02. The molecule has 0 aliphatic heterocycles. The highest BCUT2D eigenvalue weighted by atomic mass is 16.2. The maximum Gasteiger partial charge on any atom is 0.281 e. The summed E-state index contributed by atoms with van der Waals surface area (Å²) in [6.07, 6.45) is 3.09. The van der Waals surface area contributed by atoms with E-state index < -0.39 is 0 Å². The van der Waals surface area contributed by atoms with Crippen LogP contribution >= 0.6 is 0 Å². The minimum absolute atomic E-state index is 0.0624. The van der Waals surface area contributed by atoms with E-state index in [-0.39, 0.29) is 11.9 Å². The van der Waals surface area contributed by atoms with Crippen molar-refractivity contribution in [2.45, 2.75) is 6.92 Å². The van der Waals surface area contributed by atoms with Gasteiger partial charge in [-0.2, -0.15) is 9.67 Å². The maximum absolute atomic E-state index is 12.3. The molecule has 0 fully saturated rings. The second kappa shape index (κ2) is 5.16. The second-order valence-corrected chi connectivity index (χ2v) is 4.61. The van der Waals surface area contributed by atoms with Gasteiger partial charge in [0.2, 0.25) is 5.95 Å². The summed E-state index contributed by atoms with van der Waals surface area (Å²) in [6, 6.07) is 10.9. The fraction of sp³-hybridized carbons (Fsp3) is 0.0667. The molecule has 0 radical (unpaired) electrons. The van der Waals surface area contributed by atoms with E-state index in [1.807, 2.05) is 31.2 Å². The van der Waals surface area contributed by atoms with Gasteiger partial charge < -0.3 is 5.73 Å². The van der Waals surface area contributed by atoms with Crippen molar-refractivity contribution in [1.82, 2.24) is 19.7 Å². The van der Waals surface area contributed by atoms with Crippen LogP contribution in [0.25, 0.3) is 11.4 Å². The van der Waals surface area contributed by atoms with Gasteiger partial charge in [0.05, 0.1) is 0 Å². The largest absolute Gasteiger partial charge is 0.368 e. The summed E-state index contributed by atoms with van der Waals surface area (Å²) in [6.45, 7) is 2.00. The third-order valence-electron chi connectivity index (χ3n) is 3.06. The number of pyridine rings is 1. The number of rotatable bonds is 2. The molecule has 0 bridgehead atoms. The predicted molar refractivity (Wildman–Crippen MR) is 78.6 cm³/mol. The maximum atomic E-state index is 12.3. The van der Waals surface area contributed by atoms with Crippen LogP contribution in [0.2, 0.25) is 0 Å². The van der Waals surface area contributed by atoms with Crippen LogP contribution in [0.1, 0.15) is 15.9 Å². The average molecular weight is 279 g/mol. The molecular formula is C15H13N5O. The molecule has 0 unspecified atom stereocenters. The van der Waals surface area contributed by atoms with Crippen molar-refractivity contribution in [2.24, 2.45) is 0 Å². The van der Waals surface area contributed by atoms with E-state index in [1.54, 1.807) is 24.5 Å². The summed E-state index contributed by atoms with van der Waals surface area (Å²) >= 11 is 0. The molecule has 2 heterocycles. The normalized spacial score (nSPS) is 10.5. The summed E-state index contributed by atoms with van der Waals surface area (Å²) in [5.74, 6) is 0.156. The number of nitrogens with zero attached hydrogens (tertiary/aromatic N) is 4. The molecule has 0 spiro atoms. The molecule has 0 aliphatic rings. The Bertz CT molecular complexity index is 778. The van der Waals surface area contributed by atoms with Crippen LogP contribution in [0.4, 0.5) is 5.95 Å². The molecule has 0 atom stereocenters. The number of aryl methyl sites for hydroxylation is 1. The number of hydrogen-bond acceptors (Lipinski definition) is 5. The molecule has 104 valence electrons. The Morgan fingerprint density at radius 1 is 1.10 bits per heavy atom. The Morgan fingerprint density at radius 3 is 2.43 bits per heavy atom. The van der Waals surface area contributed by atoms with Crippen molar-refractivity contribution >= 4 is 11.9 Å². The number of carbonyl (C=O) groups excluding carboxylic acids is 1. The molecule has 6 heteroatoms. The van der Waals surface area contributed by atoms with E-state index in [4.69, 9.17) is 5.73 Å². The van der Waals surface area contributed by atoms with Crippen molar-refractivity contribution < 1.29 is 4.79 Å². The van der Waals surface area contributed by atoms with Crippen molar-refractivity contribution in [2.75, 3.05) is 5.73 Å². The Morgan fingerprint density at radius 2 is 1.76 bits per heavy atom. The molecule has 6 nitrogen and oxygen atoms in total. The lowest BCUT2D eigenvalue weighted by Gasteiger charge is -2.00. The van der Waals surface area contributed by atoms with E-state index in [2.05, 4.69) is 15.1 Å². The number of benzene rings is 1. The topological polar surface area (TPSA) is 86.7 Å². The summed E-state index contributed by atoms with van der Waals surface area (Å²) < 4.78 is 1.10. The first kappa shape index (κ1) is 13.0. The molecule has 3 rings (SSSR count). The van der Waals surface area contributed by atoms with Crippen LogP contribution in [0.3, 0.4) is 0 Å². The standard InChI is InChI=1S/C15H13N5O/c1-10-2-4-11(5-3-10)13-18-15(16)20(19-13)14(21)12-6-8-17-9-7-12/h2-9H,1H3,(H2,16,18,19). The quantitative estimate of drug-likeness (QED) is 0.774. The number of nitrogens with two attached hydrogens (primary N) is 1. The van der Waals surface area contributed by atoms with Gasteiger partial charge in [0, 0.05) is 23.5 Å². The zero-order valence-corrected chi connectivity index (χ0v) is 11.4. The number of anilines is 1. The van der Waals surface area contributed by atoms with E-state index in [9.17, 15) is 4.79 Å². The van der Waals surface area contributed by atoms with Gasteiger partial charge in [-0.3, -0.25) is 9.78 Å². The smallest absolute Gasteiger partial charge is 0.281 e. The highest BCUT2D eigenvalue weighted by Crippen LogP contribution is 2.18. The van der Waals surface area contributed by atoms with Gasteiger partial charge in [-0.25, -0.2) is 0 Å². The zero-order valence-electron chi connectivity index (χ0n) is 11.4. The number of hydrogen-bond donors (Lipinski definition) is 1. The molecule has 0 aliphatic carbocycles. The first-order chi connectivity index (χ1) is 10.1. The average Bonchev–Trinajstić information content (AvgIpc) is 2.90. The Labute approximate surface area is 121 Å². The van der Waals surface area contributed by atoms with Crippen molar-refractivity contribution in [1.29, 1.82) is 0 Å². The third kappa shape index (κ3) is 2.51. The van der Waals surface area contributed by atoms with E-state index >= 15 is 0 Å². The summed E-state index contributed by atoms with van der Waals surface area (Å²) in [4.78, 5) is 20.3. The highest BCUT2D eigenvalue weighted by molar-refractivity contribution is 5.96. The van der Waals surface area contributed by atoms with Gasteiger partial charge in [0.1, 0.15) is 0 Å². The molecule has 2 N–H and O–H groups in total. The summed E-state index contributed by atoms with van der Waals surface area (Å²) in [5.41, 5.74) is 8.21. The van der Waals surface area contributed by atoms with Gasteiger partial charge in [-0.05, 0) is 19.1 Å². The van der Waals surface area contributed by atoms with Crippen LogP contribution in [0, 0.1) is 6.92 Å². The Balaban J connectivity index is 1.98. The fourth-order valence-corrected chi connectivity index (χ4v) is 1.92. The van der Waals surface area contributed by atoms with Crippen molar-refractivity contribution in [3.63, 3.8) is 0 Å². The van der Waals surface area contributed by atoms with Crippen LogP contribution in [0.15, 0.2) is 48.8 Å². The molecule has 0 saturated heterocycles. The summed E-state index contributed by atoms with van der Waals surface area (Å²) in [5, 5.41) is 4.20. The minimum Gasteiger partial charge on any atom is -0.368 e. The molecular weight excluding hydrogens is 266 g/mol. The SMILES string of the molecule is Cc1ccc(-c2nc(N)n(C(=O)c3ccncc3)n2)cc1. The molecule has 0 amide bonds. The van der Waals surface area contributed by atoms with E-state index in [1.165, 1.54) is 0 Å². The first-order valence-electron chi connectivity index (χ1n) is 6.39. The lowest BCUT2D eigenvalue weighted by atomic mass is 10.1. The Kier molecular flexibility index (Phi) is 3.19. The molecule has 2 aromatic heterocycles. The molecule has 0 saturated carbocycles. The number of nitrogen functional groups attached to an aromatic ring is 1. The predicted octanol–water partition coefficient (Wildman–Crippen LogP) is 1.92. The van der Waals surface area contributed by atoms with Gasteiger partial charge >= 0.3 is 0 Å². The molecule has 1 aromatic carbocycles. The number of aromatic nitrogens is 4. The van der Waals surface area contributed by atoms with Crippen molar-refractivity contribution in [3.8, 4) is 11.4 Å². The lowest BCUT2D eigenvalue weighted by Crippen LogP contribution is -2.16. The van der Waals surface area contributed by atoms with Crippen LogP contribution in [-0.4, -0.2) is 25.7 Å². The minimum atomic E-state index is -0.333. The van der Waals surface area contributed by atoms with Crippen LogP contribution < -0.4 is 5.73 Å². The van der Waals surface area contributed by atoms with E-state index in [0.29, 0.717) is 11.4 Å². The second-order valence-electron chi connectivity index (χ2n) is 4.61. The monoisotopic (exact) mass is 279 g/mol. The highest BCUT2D eigenvalue weighted by Gasteiger charge is 2.16. The van der Waals surface area contributed by atoms with Gasteiger partial charge in [0.25, 0.3) is 5.91 Å². The van der Waals surface area contributed by atoms with Gasteiger partial charge in [0.15, 0.2) is 5.82 Å². The lowest BCUT2D eigenvalue weighted by molar-refractivity contribution is 0.0948. The fourth-order valence-electron chi connectivity index (χ4n) is 1.92. The summed E-state index contributed by atoms with van der Waals surface area (Å²) in [7, 11) is 0. The van der Waals surface area contributed by atoms with Gasteiger partial charge in [-0.15, -0.1) is 5.10 Å². The number of carbonyl (C=O) groups is 1. The molecule has 21 heavy (non-hydrogen) atoms. The zero-order chi connectivity index (χ0) is 14.8. The molecule has 3 aromatic rings. The van der Waals surface area contributed by atoms with Crippen molar-refractivity contribution in [3.05, 3.63) is 59.9 Å². The van der Waals surface area contributed by atoms with Gasteiger partial charge in [-0.1, -0.05) is 29.8 Å². The van der Waals surface area contributed by atoms with E-state index in [0.717, 1.165) is 15.8 Å². The van der Waals surface area contributed by atoms with Crippen LogP contribution in [0.5, 0.6) is 0 Å². The first-order valence-corrected chi connectivity index (χ1v) is 6.39. The van der Waals surface area contributed by atoms with Crippen LogP contribution in [-0.2, 0) is 0 Å². The third-order valence-corrected chi connectivity index (χ3v) is 3.06.